The maximum absolute atomic E-state index is 13.1. The van der Waals surface area contributed by atoms with E-state index in [0.717, 1.165) is 45.0 Å². The number of nitrogens with one attached hydrogen (secondary N) is 2. The molecule has 2 N–H and O–H groups in total. The molecule has 0 bridgehead atoms. The highest BCUT2D eigenvalue weighted by Gasteiger charge is 2.44. The Morgan fingerprint density at radius 2 is 1.91 bits per heavy atom. The predicted molar refractivity (Wildman–Crippen MR) is 103 cm³/mol. The van der Waals surface area contributed by atoms with Crippen LogP contribution in [0.2, 0.25) is 0 Å². The molecule has 130 valence electrons. The van der Waals surface area contributed by atoms with Gasteiger partial charge in [0.1, 0.15) is 5.82 Å². The van der Waals surface area contributed by atoms with E-state index in [1.54, 1.807) is 0 Å². The molecule has 0 radical (unpaired) electrons. The molecule has 4 nitrogen and oxygen atoms in total. The second kappa shape index (κ2) is 10.1. The number of aliphatic imine (C=N–C) groups is 1. The fourth-order valence-electron chi connectivity index (χ4n) is 2.45. The lowest BCUT2D eigenvalue weighted by atomic mass is 9.96. The summed E-state index contributed by atoms with van der Waals surface area (Å²) in [7, 11) is 0. The Kier molecular flexibility index (Phi) is 8.83. The first-order chi connectivity index (χ1) is 10.7. The van der Waals surface area contributed by atoms with Crippen LogP contribution in [-0.4, -0.2) is 38.8 Å². The zero-order valence-corrected chi connectivity index (χ0v) is 16.2. The van der Waals surface area contributed by atoms with Crippen LogP contribution in [0.1, 0.15) is 32.3 Å². The van der Waals surface area contributed by atoms with Crippen LogP contribution >= 0.6 is 24.0 Å². The molecule has 0 atom stereocenters. The first kappa shape index (κ1) is 20.2. The van der Waals surface area contributed by atoms with E-state index < -0.39 is 0 Å². The monoisotopic (exact) mass is 435 g/mol. The van der Waals surface area contributed by atoms with Gasteiger partial charge in [-0.25, -0.2) is 4.39 Å². The first-order valence-electron chi connectivity index (χ1n) is 8.06. The van der Waals surface area contributed by atoms with Crippen LogP contribution in [0.15, 0.2) is 29.3 Å². The minimum absolute atomic E-state index is 0. The standard InChI is InChI=1S/C17H26FN3O.HI/c1-3-19-16(20-11-12-22-4-2)21-13-17(9-10-17)14-5-7-15(18)8-6-14;/h5-8H,3-4,9-13H2,1-2H3,(H2,19,20,21);1H. The third-order valence-corrected chi connectivity index (χ3v) is 3.94. The average molecular weight is 435 g/mol. The maximum atomic E-state index is 13.1. The summed E-state index contributed by atoms with van der Waals surface area (Å²) in [4.78, 5) is 4.69. The van der Waals surface area contributed by atoms with Gasteiger partial charge in [0.25, 0.3) is 0 Å². The topological polar surface area (TPSA) is 45.7 Å². The molecule has 0 saturated heterocycles. The predicted octanol–water partition coefficient (Wildman–Crippen LogP) is 3.07. The van der Waals surface area contributed by atoms with Gasteiger partial charge in [-0.3, -0.25) is 4.99 Å². The summed E-state index contributed by atoms with van der Waals surface area (Å²) in [5.41, 5.74) is 1.28. The van der Waals surface area contributed by atoms with Crippen LogP contribution in [0.25, 0.3) is 0 Å². The van der Waals surface area contributed by atoms with E-state index in [-0.39, 0.29) is 35.2 Å². The smallest absolute Gasteiger partial charge is 0.191 e. The number of hydrogen-bond acceptors (Lipinski definition) is 2. The molecule has 0 aliphatic heterocycles. The van der Waals surface area contributed by atoms with E-state index in [9.17, 15) is 4.39 Å². The molecule has 1 fully saturated rings. The van der Waals surface area contributed by atoms with Crippen LogP contribution in [0, 0.1) is 5.82 Å². The zero-order valence-electron chi connectivity index (χ0n) is 13.9. The van der Waals surface area contributed by atoms with E-state index in [1.165, 1.54) is 17.7 Å². The Balaban J connectivity index is 0.00000264. The molecule has 1 aromatic carbocycles. The molecule has 2 rings (SSSR count). The lowest BCUT2D eigenvalue weighted by molar-refractivity contribution is 0.152. The minimum atomic E-state index is -0.186. The molecule has 0 spiro atoms. The second-order valence-electron chi connectivity index (χ2n) is 5.61. The second-order valence-corrected chi connectivity index (χ2v) is 5.61. The number of hydrogen-bond donors (Lipinski definition) is 2. The van der Waals surface area contributed by atoms with Crippen molar-refractivity contribution in [1.82, 2.24) is 10.6 Å². The summed E-state index contributed by atoms with van der Waals surface area (Å²) in [5, 5.41) is 6.51. The molecule has 23 heavy (non-hydrogen) atoms. The van der Waals surface area contributed by atoms with Crippen molar-refractivity contribution in [2.24, 2.45) is 4.99 Å². The molecule has 1 aliphatic carbocycles. The van der Waals surface area contributed by atoms with Crippen LogP contribution in [0.4, 0.5) is 4.39 Å². The fraction of sp³-hybridized carbons (Fsp3) is 0.588. The molecule has 1 aliphatic rings. The number of rotatable bonds is 8. The summed E-state index contributed by atoms with van der Waals surface area (Å²) in [6.07, 6.45) is 2.22. The molecule has 0 aromatic heterocycles. The van der Waals surface area contributed by atoms with Gasteiger partial charge < -0.3 is 15.4 Å². The highest BCUT2D eigenvalue weighted by Crippen LogP contribution is 2.48. The van der Waals surface area contributed by atoms with Crippen molar-refractivity contribution in [2.75, 3.05) is 32.8 Å². The fourth-order valence-corrected chi connectivity index (χ4v) is 2.45. The Morgan fingerprint density at radius 3 is 2.48 bits per heavy atom. The molecule has 1 aromatic rings. The lowest BCUT2D eigenvalue weighted by Gasteiger charge is -2.16. The highest BCUT2D eigenvalue weighted by atomic mass is 127. The third kappa shape index (κ3) is 6.25. The van der Waals surface area contributed by atoms with Crippen molar-refractivity contribution in [3.63, 3.8) is 0 Å². The maximum Gasteiger partial charge on any atom is 0.191 e. The third-order valence-electron chi connectivity index (χ3n) is 3.94. The zero-order chi connectivity index (χ0) is 15.8. The number of guanidine groups is 1. The molecular formula is C17H27FIN3O. The summed E-state index contributed by atoms with van der Waals surface area (Å²) < 4.78 is 18.4. The van der Waals surface area contributed by atoms with Crippen molar-refractivity contribution in [3.8, 4) is 0 Å². The normalized spacial score (nSPS) is 15.7. The van der Waals surface area contributed by atoms with Gasteiger partial charge >= 0.3 is 0 Å². The van der Waals surface area contributed by atoms with Crippen molar-refractivity contribution >= 4 is 29.9 Å². The molecule has 0 amide bonds. The van der Waals surface area contributed by atoms with Crippen molar-refractivity contribution in [1.29, 1.82) is 0 Å². The van der Waals surface area contributed by atoms with Crippen molar-refractivity contribution < 1.29 is 9.13 Å². The SMILES string of the molecule is CCNC(=NCC1(c2ccc(F)cc2)CC1)NCCOCC.I. The van der Waals surface area contributed by atoms with E-state index >= 15 is 0 Å². The van der Waals surface area contributed by atoms with Gasteiger partial charge in [-0.15, -0.1) is 24.0 Å². The van der Waals surface area contributed by atoms with Crippen molar-refractivity contribution in [3.05, 3.63) is 35.6 Å². The van der Waals surface area contributed by atoms with E-state index in [4.69, 9.17) is 4.74 Å². The number of ether oxygens (including phenoxy) is 1. The molecule has 0 heterocycles. The van der Waals surface area contributed by atoms with Crippen LogP contribution in [-0.2, 0) is 10.2 Å². The van der Waals surface area contributed by atoms with Gasteiger partial charge in [-0.2, -0.15) is 0 Å². The Hall–Kier alpha value is -0.890. The lowest BCUT2D eigenvalue weighted by Crippen LogP contribution is -2.39. The van der Waals surface area contributed by atoms with Gasteiger partial charge in [0.15, 0.2) is 5.96 Å². The largest absolute Gasteiger partial charge is 0.380 e. The van der Waals surface area contributed by atoms with Crippen LogP contribution in [0.3, 0.4) is 0 Å². The van der Waals surface area contributed by atoms with Gasteiger partial charge in [-0.1, -0.05) is 12.1 Å². The van der Waals surface area contributed by atoms with Gasteiger partial charge in [0, 0.05) is 25.1 Å². The first-order valence-corrected chi connectivity index (χ1v) is 8.06. The van der Waals surface area contributed by atoms with E-state index in [1.807, 2.05) is 26.0 Å². The Morgan fingerprint density at radius 1 is 1.22 bits per heavy atom. The average Bonchev–Trinajstić information content (AvgIpc) is 3.31. The van der Waals surface area contributed by atoms with Gasteiger partial charge in [-0.05, 0) is 44.4 Å². The van der Waals surface area contributed by atoms with Gasteiger partial charge in [0.2, 0.25) is 0 Å². The van der Waals surface area contributed by atoms with Crippen LogP contribution < -0.4 is 10.6 Å². The van der Waals surface area contributed by atoms with E-state index in [2.05, 4.69) is 15.6 Å². The molecular weight excluding hydrogens is 408 g/mol. The summed E-state index contributed by atoms with van der Waals surface area (Å²) in [5.74, 6) is 0.629. The molecule has 1 saturated carbocycles. The molecule has 6 heteroatoms. The Bertz CT molecular complexity index is 489. The highest BCUT2D eigenvalue weighted by molar-refractivity contribution is 14.0. The van der Waals surface area contributed by atoms with Gasteiger partial charge in [0.05, 0.1) is 13.2 Å². The number of halogens is 2. The Labute approximate surface area is 155 Å². The molecule has 0 unspecified atom stereocenters. The van der Waals surface area contributed by atoms with Crippen LogP contribution in [0.5, 0.6) is 0 Å². The summed E-state index contributed by atoms with van der Waals surface area (Å²) in [6.45, 7) is 7.72. The summed E-state index contributed by atoms with van der Waals surface area (Å²) >= 11 is 0. The summed E-state index contributed by atoms with van der Waals surface area (Å²) in [6, 6.07) is 6.83. The minimum Gasteiger partial charge on any atom is -0.380 e. The van der Waals surface area contributed by atoms with E-state index in [0.29, 0.717) is 6.61 Å². The quantitative estimate of drug-likeness (QED) is 0.286. The van der Waals surface area contributed by atoms with Crippen molar-refractivity contribution in [2.45, 2.75) is 32.1 Å². The number of benzene rings is 1. The number of nitrogens with zero attached hydrogens (tertiary/aromatic N) is 1.